The SMILES string of the molecule is CN1CCN(c2cc(C(=O)Nc3nc4ccccc4s3)ncn2)CC1. The first kappa shape index (κ1) is 15.9. The van der Waals surface area contributed by atoms with Crippen molar-refractivity contribution < 1.29 is 4.79 Å². The minimum atomic E-state index is -0.267. The molecule has 0 saturated carbocycles. The van der Waals surface area contributed by atoms with E-state index in [0.29, 0.717) is 10.8 Å². The van der Waals surface area contributed by atoms with Gasteiger partial charge in [0.25, 0.3) is 5.91 Å². The van der Waals surface area contributed by atoms with Gasteiger partial charge in [-0.2, -0.15) is 0 Å². The largest absolute Gasteiger partial charge is 0.354 e. The van der Waals surface area contributed by atoms with E-state index in [1.165, 1.54) is 17.7 Å². The summed E-state index contributed by atoms with van der Waals surface area (Å²) in [6, 6.07) is 9.55. The molecule has 1 N–H and O–H groups in total. The second-order valence-corrected chi connectivity index (χ2v) is 7.02. The van der Waals surface area contributed by atoms with E-state index in [9.17, 15) is 4.79 Å². The molecule has 0 bridgehead atoms. The molecule has 7 nitrogen and oxygen atoms in total. The average molecular weight is 354 g/mol. The zero-order valence-electron chi connectivity index (χ0n) is 13.8. The number of nitrogens with one attached hydrogen (secondary N) is 1. The van der Waals surface area contributed by atoms with Crippen molar-refractivity contribution in [2.75, 3.05) is 43.4 Å². The smallest absolute Gasteiger partial charge is 0.276 e. The molecule has 1 saturated heterocycles. The fraction of sp³-hybridized carbons (Fsp3) is 0.294. The molecular formula is C17H18N6OS. The highest BCUT2D eigenvalue weighted by atomic mass is 32.1. The van der Waals surface area contributed by atoms with Crippen molar-refractivity contribution in [2.24, 2.45) is 0 Å². The van der Waals surface area contributed by atoms with Gasteiger partial charge in [0.15, 0.2) is 5.13 Å². The molecule has 0 atom stereocenters. The lowest BCUT2D eigenvalue weighted by molar-refractivity contribution is 0.102. The van der Waals surface area contributed by atoms with E-state index < -0.39 is 0 Å². The topological polar surface area (TPSA) is 74.2 Å². The highest BCUT2D eigenvalue weighted by Crippen LogP contribution is 2.25. The molecule has 0 spiro atoms. The van der Waals surface area contributed by atoms with Crippen LogP contribution >= 0.6 is 11.3 Å². The third-order valence-corrected chi connectivity index (χ3v) is 5.18. The third-order valence-electron chi connectivity index (χ3n) is 4.23. The number of nitrogens with zero attached hydrogens (tertiary/aromatic N) is 5. The maximum atomic E-state index is 12.5. The number of thiazole rings is 1. The van der Waals surface area contributed by atoms with Crippen LogP contribution in [0.25, 0.3) is 10.2 Å². The molecule has 8 heteroatoms. The number of anilines is 2. The summed E-state index contributed by atoms with van der Waals surface area (Å²) in [6.45, 7) is 3.76. The number of piperazine rings is 1. The van der Waals surface area contributed by atoms with E-state index in [1.54, 1.807) is 6.07 Å². The molecule has 1 fully saturated rings. The van der Waals surface area contributed by atoms with Crippen LogP contribution in [0.1, 0.15) is 10.5 Å². The Morgan fingerprint density at radius 3 is 2.76 bits per heavy atom. The maximum absolute atomic E-state index is 12.5. The quantitative estimate of drug-likeness (QED) is 0.776. The first-order valence-corrected chi connectivity index (χ1v) is 8.93. The van der Waals surface area contributed by atoms with Crippen molar-refractivity contribution in [3.05, 3.63) is 42.4 Å². The van der Waals surface area contributed by atoms with Crippen LogP contribution in [-0.2, 0) is 0 Å². The Morgan fingerprint density at radius 1 is 1.16 bits per heavy atom. The number of carbonyl (C=O) groups excluding carboxylic acids is 1. The van der Waals surface area contributed by atoms with E-state index in [-0.39, 0.29) is 5.91 Å². The Morgan fingerprint density at radius 2 is 1.96 bits per heavy atom. The number of hydrogen-bond acceptors (Lipinski definition) is 7. The molecule has 1 aromatic carbocycles. The number of amides is 1. The van der Waals surface area contributed by atoms with Crippen molar-refractivity contribution in [1.82, 2.24) is 19.9 Å². The lowest BCUT2D eigenvalue weighted by atomic mass is 10.3. The fourth-order valence-corrected chi connectivity index (χ4v) is 3.63. The van der Waals surface area contributed by atoms with Crippen LogP contribution in [0.5, 0.6) is 0 Å². The Balaban J connectivity index is 1.51. The van der Waals surface area contributed by atoms with Gasteiger partial charge in [-0.25, -0.2) is 15.0 Å². The Labute approximate surface area is 149 Å². The van der Waals surface area contributed by atoms with Crippen LogP contribution in [0, 0.1) is 0 Å². The molecule has 0 unspecified atom stereocenters. The Hall–Kier alpha value is -2.58. The van der Waals surface area contributed by atoms with Crippen molar-refractivity contribution in [3.8, 4) is 0 Å². The number of aromatic nitrogens is 3. The highest BCUT2D eigenvalue weighted by molar-refractivity contribution is 7.22. The molecule has 2 aromatic heterocycles. The third kappa shape index (κ3) is 3.45. The van der Waals surface area contributed by atoms with Crippen LogP contribution in [-0.4, -0.2) is 59.0 Å². The minimum Gasteiger partial charge on any atom is -0.354 e. The van der Waals surface area contributed by atoms with Crippen LogP contribution in [0.2, 0.25) is 0 Å². The fourth-order valence-electron chi connectivity index (χ4n) is 2.77. The van der Waals surface area contributed by atoms with Gasteiger partial charge in [-0.3, -0.25) is 10.1 Å². The standard InChI is InChI=1S/C17H18N6OS/c1-22-6-8-23(9-7-22)15-10-13(18-11-19-15)16(24)21-17-20-12-4-2-3-5-14(12)25-17/h2-5,10-11H,6-9H2,1H3,(H,20,21,24). The van der Waals surface area contributed by atoms with Crippen molar-refractivity contribution in [3.63, 3.8) is 0 Å². The molecule has 4 rings (SSSR count). The van der Waals surface area contributed by atoms with Crippen LogP contribution in [0.3, 0.4) is 0 Å². The average Bonchev–Trinajstić information content (AvgIpc) is 3.04. The lowest BCUT2D eigenvalue weighted by Crippen LogP contribution is -2.44. The molecule has 0 radical (unpaired) electrons. The zero-order chi connectivity index (χ0) is 17.2. The summed E-state index contributed by atoms with van der Waals surface area (Å²) in [5, 5.41) is 3.41. The molecule has 128 valence electrons. The van der Waals surface area contributed by atoms with Gasteiger partial charge < -0.3 is 9.80 Å². The number of para-hydroxylation sites is 1. The summed E-state index contributed by atoms with van der Waals surface area (Å²) in [4.78, 5) is 29.8. The number of rotatable bonds is 3. The number of hydrogen-bond donors (Lipinski definition) is 1. The number of fused-ring (bicyclic) bond motifs is 1. The van der Waals surface area contributed by atoms with Crippen molar-refractivity contribution >= 4 is 38.4 Å². The maximum Gasteiger partial charge on any atom is 0.276 e. The highest BCUT2D eigenvalue weighted by Gasteiger charge is 2.18. The normalized spacial score (nSPS) is 15.5. The second-order valence-electron chi connectivity index (χ2n) is 5.99. The van der Waals surface area contributed by atoms with E-state index in [4.69, 9.17) is 0 Å². The predicted molar refractivity (Wildman–Crippen MR) is 99.3 cm³/mol. The summed E-state index contributed by atoms with van der Waals surface area (Å²) in [6.07, 6.45) is 1.45. The van der Waals surface area contributed by atoms with E-state index in [1.807, 2.05) is 24.3 Å². The monoisotopic (exact) mass is 354 g/mol. The molecule has 0 aliphatic carbocycles. The molecule has 1 amide bonds. The molecule has 3 aromatic rings. The number of carbonyl (C=O) groups is 1. The molecule has 1 aliphatic heterocycles. The van der Waals surface area contributed by atoms with E-state index in [2.05, 4.69) is 37.1 Å². The van der Waals surface area contributed by atoms with Gasteiger partial charge in [0.05, 0.1) is 10.2 Å². The Bertz CT molecular complexity index is 870. The van der Waals surface area contributed by atoms with E-state index >= 15 is 0 Å². The van der Waals surface area contributed by atoms with Gasteiger partial charge in [0, 0.05) is 32.2 Å². The second kappa shape index (κ2) is 6.73. The molecular weight excluding hydrogens is 336 g/mol. The molecule has 3 heterocycles. The van der Waals surface area contributed by atoms with Gasteiger partial charge in [-0.05, 0) is 19.2 Å². The van der Waals surface area contributed by atoms with Crippen molar-refractivity contribution in [1.29, 1.82) is 0 Å². The van der Waals surface area contributed by atoms with Gasteiger partial charge >= 0.3 is 0 Å². The van der Waals surface area contributed by atoms with Crippen LogP contribution in [0.15, 0.2) is 36.7 Å². The summed E-state index contributed by atoms with van der Waals surface area (Å²) in [7, 11) is 2.11. The predicted octanol–water partition coefficient (Wildman–Crippen LogP) is 2.09. The van der Waals surface area contributed by atoms with Crippen LogP contribution < -0.4 is 10.2 Å². The summed E-state index contributed by atoms with van der Waals surface area (Å²) in [5.41, 5.74) is 1.23. The van der Waals surface area contributed by atoms with Gasteiger partial charge in [-0.1, -0.05) is 23.5 Å². The zero-order valence-corrected chi connectivity index (χ0v) is 14.7. The first-order chi connectivity index (χ1) is 12.2. The van der Waals surface area contributed by atoms with Gasteiger partial charge in [-0.15, -0.1) is 0 Å². The molecule has 1 aliphatic rings. The first-order valence-electron chi connectivity index (χ1n) is 8.11. The summed E-state index contributed by atoms with van der Waals surface area (Å²) < 4.78 is 1.04. The summed E-state index contributed by atoms with van der Waals surface area (Å²) in [5.74, 6) is 0.523. The molecule has 25 heavy (non-hydrogen) atoms. The van der Waals surface area contributed by atoms with Crippen molar-refractivity contribution in [2.45, 2.75) is 0 Å². The van der Waals surface area contributed by atoms with Crippen LogP contribution in [0.4, 0.5) is 10.9 Å². The number of likely N-dealkylation sites (N-methyl/N-ethyl adjacent to an activating group) is 1. The van der Waals surface area contributed by atoms with Gasteiger partial charge in [0.1, 0.15) is 17.8 Å². The minimum absolute atomic E-state index is 0.267. The lowest BCUT2D eigenvalue weighted by Gasteiger charge is -2.33. The Kier molecular flexibility index (Phi) is 4.29. The van der Waals surface area contributed by atoms with E-state index in [0.717, 1.165) is 42.2 Å². The number of benzene rings is 1. The summed E-state index contributed by atoms with van der Waals surface area (Å²) >= 11 is 1.45. The van der Waals surface area contributed by atoms with Gasteiger partial charge in [0.2, 0.25) is 0 Å².